The molecule has 0 bridgehead atoms. The van der Waals surface area contributed by atoms with Crippen molar-refractivity contribution in [3.63, 3.8) is 0 Å². The number of hydrogen-bond acceptors (Lipinski definition) is 3. The molecule has 3 heteroatoms. The maximum Gasteiger partial charge on any atom is 0.152 e. The molecule has 0 aliphatic carbocycles. The summed E-state index contributed by atoms with van der Waals surface area (Å²) in [5.74, 6) is 0.462. The van der Waals surface area contributed by atoms with Gasteiger partial charge in [0.05, 0.1) is 0 Å². The van der Waals surface area contributed by atoms with Gasteiger partial charge >= 0.3 is 0 Å². The summed E-state index contributed by atoms with van der Waals surface area (Å²) in [5.41, 5.74) is 0. The summed E-state index contributed by atoms with van der Waals surface area (Å²) < 4.78 is 10.00. The van der Waals surface area contributed by atoms with Gasteiger partial charge in [-0.3, -0.25) is 4.79 Å². The topological polar surface area (TPSA) is 35.5 Å². The Balaban J connectivity index is 3.89. The molecule has 0 rings (SSSR count). The Labute approximate surface area is 86.1 Å². The average Bonchev–Trinajstić information content (AvgIpc) is 2.16. The first-order valence-corrected chi connectivity index (χ1v) is 4.87. The van der Waals surface area contributed by atoms with Crippen LogP contribution >= 0.6 is 0 Å². The maximum atomic E-state index is 10.7. The minimum absolute atomic E-state index is 0.0878. The number of allylic oxidation sites excluding steroid dienone is 2. The Morgan fingerprint density at radius 3 is 2.07 bits per heavy atom. The molecule has 0 fully saturated rings. The standard InChI is InChI=1S/C11H20O3/c1-10(12)4-5-11(6-8-13-2)7-9-14-3/h4-5,11H,6-9H2,1-3H3/b5-4+. The Morgan fingerprint density at radius 2 is 1.71 bits per heavy atom. The molecule has 0 amide bonds. The number of ether oxygens (including phenoxy) is 2. The largest absolute Gasteiger partial charge is 0.385 e. The van der Waals surface area contributed by atoms with Crippen LogP contribution in [0.25, 0.3) is 0 Å². The van der Waals surface area contributed by atoms with Crippen LogP contribution in [0.5, 0.6) is 0 Å². The SMILES string of the molecule is COCCC(/C=C/C(C)=O)CCOC. The molecule has 0 aromatic heterocycles. The van der Waals surface area contributed by atoms with Crippen LogP contribution in [0, 0.1) is 5.92 Å². The molecule has 0 atom stereocenters. The summed E-state index contributed by atoms with van der Waals surface area (Å²) in [6.07, 6.45) is 5.43. The van der Waals surface area contributed by atoms with E-state index >= 15 is 0 Å². The van der Waals surface area contributed by atoms with Crippen LogP contribution in [-0.2, 0) is 14.3 Å². The first kappa shape index (κ1) is 13.3. The number of rotatable bonds is 8. The van der Waals surface area contributed by atoms with E-state index in [1.807, 2.05) is 6.08 Å². The van der Waals surface area contributed by atoms with Crippen LogP contribution in [0.15, 0.2) is 12.2 Å². The molecule has 0 unspecified atom stereocenters. The van der Waals surface area contributed by atoms with E-state index < -0.39 is 0 Å². The lowest BCUT2D eigenvalue weighted by Gasteiger charge is -2.10. The Morgan fingerprint density at radius 1 is 1.21 bits per heavy atom. The van der Waals surface area contributed by atoms with E-state index in [1.54, 1.807) is 27.2 Å². The van der Waals surface area contributed by atoms with Crippen molar-refractivity contribution in [1.82, 2.24) is 0 Å². The van der Waals surface area contributed by atoms with Crippen molar-refractivity contribution in [3.8, 4) is 0 Å². The summed E-state index contributed by atoms with van der Waals surface area (Å²) in [6, 6.07) is 0. The molecule has 0 spiro atoms. The summed E-state index contributed by atoms with van der Waals surface area (Å²) in [5, 5.41) is 0. The minimum Gasteiger partial charge on any atom is -0.385 e. The third-order valence-corrected chi connectivity index (χ3v) is 1.99. The van der Waals surface area contributed by atoms with Gasteiger partial charge in [-0.05, 0) is 31.8 Å². The minimum atomic E-state index is 0.0878. The summed E-state index contributed by atoms with van der Waals surface area (Å²) >= 11 is 0. The van der Waals surface area contributed by atoms with E-state index in [2.05, 4.69) is 0 Å². The van der Waals surface area contributed by atoms with Gasteiger partial charge in [0.25, 0.3) is 0 Å². The molecule has 0 aromatic carbocycles. The van der Waals surface area contributed by atoms with Gasteiger partial charge in [0, 0.05) is 27.4 Å². The van der Waals surface area contributed by atoms with Crippen molar-refractivity contribution >= 4 is 5.78 Å². The highest BCUT2D eigenvalue weighted by Crippen LogP contribution is 2.10. The molecule has 0 saturated heterocycles. The number of carbonyl (C=O) groups is 1. The summed E-state index contributed by atoms with van der Waals surface area (Å²) in [7, 11) is 3.37. The molecule has 0 heterocycles. The second-order valence-corrected chi connectivity index (χ2v) is 3.29. The van der Waals surface area contributed by atoms with Gasteiger partial charge in [0.1, 0.15) is 0 Å². The first-order valence-electron chi connectivity index (χ1n) is 4.87. The number of methoxy groups -OCH3 is 2. The smallest absolute Gasteiger partial charge is 0.152 e. The normalized spacial score (nSPS) is 11.4. The molecule has 0 N–H and O–H groups in total. The van der Waals surface area contributed by atoms with Crippen molar-refractivity contribution in [2.45, 2.75) is 19.8 Å². The number of carbonyl (C=O) groups excluding carboxylic acids is 1. The van der Waals surface area contributed by atoms with E-state index in [0.717, 1.165) is 26.1 Å². The zero-order chi connectivity index (χ0) is 10.8. The second kappa shape index (κ2) is 8.91. The van der Waals surface area contributed by atoms with Crippen molar-refractivity contribution in [2.75, 3.05) is 27.4 Å². The fourth-order valence-corrected chi connectivity index (χ4v) is 1.15. The monoisotopic (exact) mass is 200 g/mol. The van der Waals surface area contributed by atoms with Crippen LogP contribution in [-0.4, -0.2) is 33.2 Å². The van der Waals surface area contributed by atoms with E-state index in [0.29, 0.717) is 5.92 Å². The van der Waals surface area contributed by atoms with Gasteiger partial charge in [-0.1, -0.05) is 6.08 Å². The van der Waals surface area contributed by atoms with Crippen LogP contribution in [0.1, 0.15) is 19.8 Å². The highest BCUT2D eigenvalue weighted by Gasteiger charge is 2.04. The zero-order valence-electron chi connectivity index (χ0n) is 9.29. The van der Waals surface area contributed by atoms with Crippen LogP contribution < -0.4 is 0 Å². The Bertz CT molecular complexity index is 167. The predicted molar refractivity (Wildman–Crippen MR) is 56.3 cm³/mol. The van der Waals surface area contributed by atoms with Crippen molar-refractivity contribution in [2.24, 2.45) is 5.92 Å². The van der Waals surface area contributed by atoms with Gasteiger partial charge < -0.3 is 9.47 Å². The Kier molecular flexibility index (Phi) is 8.48. The second-order valence-electron chi connectivity index (χ2n) is 3.29. The molecule has 14 heavy (non-hydrogen) atoms. The van der Waals surface area contributed by atoms with Crippen molar-refractivity contribution in [1.29, 1.82) is 0 Å². The molecule has 0 radical (unpaired) electrons. The quantitative estimate of drug-likeness (QED) is 0.561. The first-order chi connectivity index (χ1) is 6.70. The third-order valence-electron chi connectivity index (χ3n) is 1.99. The van der Waals surface area contributed by atoms with E-state index in [9.17, 15) is 4.79 Å². The molecule has 0 aliphatic heterocycles. The molecular formula is C11H20O3. The van der Waals surface area contributed by atoms with Gasteiger partial charge in [-0.25, -0.2) is 0 Å². The fourth-order valence-electron chi connectivity index (χ4n) is 1.15. The Hall–Kier alpha value is -0.670. The van der Waals surface area contributed by atoms with Gasteiger partial charge in [-0.2, -0.15) is 0 Å². The number of ketones is 1. The average molecular weight is 200 g/mol. The lowest BCUT2D eigenvalue weighted by molar-refractivity contribution is -0.112. The van der Waals surface area contributed by atoms with Crippen LogP contribution in [0.3, 0.4) is 0 Å². The highest BCUT2D eigenvalue weighted by molar-refractivity contribution is 5.87. The van der Waals surface area contributed by atoms with E-state index in [-0.39, 0.29) is 5.78 Å². The van der Waals surface area contributed by atoms with Crippen molar-refractivity contribution in [3.05, 3.63) is 12.2 Å². The molecule has 0 saturated carbocycles. The van der Waals surface area contributed by atoms with Crippen molar-refractivity contribution < 1.29 is 14.3 Å². The molecule has 82 valence electrons. The zero-order valence-corrected chi connectivity index (χ0v) is 9.29. The molecule has 3 nitrogen and oxygen atoms in total. The highest BCUT2D eigenvalue weighted by atomic mass is 16.5. The van der Waals surface area contributed by atoms with Gasteiger partial charge in [0.2, 0.25) is 0 Å². The molecular weight excluding hydrogens is 180 g/mol. The fraction of sp³-hybridized carbons (Fsp3) is 0.727. The number of hydrogen-bond donors (Lipinski definition) is 0. The lowest BCUT2D eigenvalue weighted by Crippen LogP contribution is -2.05. The lowest BCUT2D eigenvalue weighted by atomic mass is 10.0. The third kappa shape index (κ3) is 7.95. The molecule has 0 aliphatic rings. The van der Waals surface area contributed by atoms with Gasteiger partial charge in [-0.15, -0.1) is 0 Å². The van der Waals surface area contributed by atoms with E-state index in [4.69, 9.17) is 9.47 Å². The summed E-state index contributed by atoms with van der Waals surface area (Å²) in [4.78, 5) is 10.7. The van der Waals surface area contributed by atoms with E-state index in [1.165, 1.54) is 0 Å². The van der Waals surface area contributed by atoms with Crippen LogP contribution in [0.4, 0.5) is 0 Å². The maximum absolute atomic E-state index is 10.7. The molecule has 0 aromatic rings. The van der Waals surface area contributed by atoms with Crippen LogP contribution in [0.2, 0.25) is 0 Å². The van der Waals surface area contributed by atoms with Gasteiger partial charge in [0.15, 0.2) is 5.78 Å². The summed E-state index contributed by atoms with van der Waals surface area (Å²) in [6.45, 7) is 2.99. The predicted octanol–water partition coefficient (Wildman–Crippen LogP) is 1.82.